The molecule has 1 heterocycles. The van der Waals surface area contributed by atoms with E-state index in [1.807, 2.05) is 0 Å². The van der Waals surface area contributed by atoms with Gasteiger partial charge >= 0.3 is 0 Å². The fourth-order valence-electron chi connectivity index (χ4n) is 0.481. The van der Waals surface area contributed by atoms with Gasteiger partial charge in [0.2, 0.25) is 0 Å². The first-order valence-electron chi connectivity index (χ1n) is 2.38. The SMILES string of the molecule is Cl.Cn1ncc(CN)n1. The Bertz CT molecular complexity index is 173. The van der Waals surface area contributed by atoms with Crippen molar-refractivity contribution in [2.45, 2.75) is 6.54 Å². The van der Waals surface area contributed by atoms with Gasteiger partial charge < -0.3 is 5.73 Å². The minimum Gasteiger partial charge on any atom is -0.325 e. The fraction of sp³-hybridized carbons (Fsp3) is 0.500. The smallest absolute Gasteiger partial charge is 0.0962 e. The maximum atomic E-state index is 5.25. The van der Waals surface area contributed by atoms with Crippen molar-refractivity contribution >= 4 is 12.4 Å². The second kappa shape index (κ2) is 3.42. The molecule has 0 unspecified atom stereocenters. The van der Waals surface area contributed by atoms with Crippen LogP contribution in [0.5, 0.6) is 0 Å². The molecule has 0 aliphatic heterocycles. The van der Waals surface area contributed by atoms with Crippen molar-refractivity contribution in [3.8, 4) is 0 Å². The Balaban J connectivity index is 0.000000640. The lowest BCUT2D eigenvalue weighted by Gasteiger charge is -1.81. The molecule has 0 saturated heterocycles. The predicted molar refractivity (Wildman–Crippen MR) is 36.1 cm³/mol. The van der Waals surface area contributed by atoms with Crippen LogP contribution in [0.2, 0.25) is 0 Å². The summed E-state index contributed by atoms with van der Waals surface area (Å²) in [5, 5.41) is 7.72. The third-order valence-corrected chi connectivity index (χ3v) is 0.856. The normalized spacial score (nSPS) is 8.67. The number of aryl methyl sites for hydroxylation is 1. The summed E-state index contributed by atoms with van der Waals surface area (Å²) >= 11 is 0. The number of hydrogen-bond donors (Lipinski definition) is 1. The second-order valence-corrected chi connectivity index (χ2v) is 1.53. The first-order chi connectivity index (χ1) is 3.83. The zero-order valence-corrected chi connectivity index (χ0v) is 5.93. The van der Waals surface area contributed by atoms with E-state index in [1.165, 1.54) is 4.80 Å². The number of nitrogens with zero attached hydrogens (tertiary/aromatic N) is 3. The molecule has 0 amide bonds. The molecule has 0 aromatic carbocycles. The molecule has 5 heteroatoms. The zero-order valence-electron chi connectivity index (χ0n) is 5.11. The fourth-order valence-corrected chi connectivity index (χ4v) is 0.481. The highest BCUT2D eigenvalue weighted by atomic mass is 35.5. The molecule has 2 N–H and O–H groups in total. The zero-order chi connectivity index (χ0) is 5.98. The molecule has 0 radical (unpaired) electrons. The van der Waals surface area contributed by atoms with Gasteiger partial charge in [0.1, 0.15) is 0 Å². The molecule has 0 fully saturated rings. The summed E-state index contributed by atoms with van der Waals surface area (Å²) < 4.78 is 0. The van der Waals surface area contributed by atoms with Crippen LogP contribution >= 0.6 is 12.4 Å². The third-order valence-electron chi connectivity index (χ3n) is 0.856. The molecule has 0 aliphatic rings. The van der Waals surface area contributed by atoms with E-state index in [9.17, 15) is 0 Å². The number of nitrogens with two attached hydrogens (primary N) is 1. The Morgan fingerprint density at radius 2 is 2.44 bits per heavy atom. The van der Waals surface area contributed by atoms with Gasteiger partial charge in [-0.3, -0.25) is 0 Å². The van der Waals surface area contributed by atoms with E-state index >= 15 is 0 Å². The number of aromatic nitrogens is 3. The Morgan fingerprint density at radius 1 is 1.78 bits per heavy atom. The van der Waals surface area contributed by atoms with Gasteiger partial charge in [-0.1, -0.05) is 0 Å². The number of halogens is 1. The van der Waals surface area contributed by atoms with E-state index in [2.05, 4.69) is 10.2 Å². The molecular weight excluding hydrogens is 140 g/mol. The second-order valence-electron chi connectivity index (χ2n) is 1.53. The number of rotatable bonds is 1. The van der Waals surface area contributed by atoms with Crippen molar-refractivity contribution in [1.82, 2.24) is 15.0 Å². The molecular formula is C4H9ClN4. The monoisotopic (exact) mass is 148 g/mol. The molecule has 0 spiro atoms. The van der Waals surface area contributed by atoms with Crippen LogP contribution in [0.15, 0.2) is 6.20 Å². The summed E-state index contributed by atoms with van der Waals surface area (Å²) in [6.07, 6.45) is 1.65. The van der Waals surface area contributed by atoms with Gasteiger partial charge in [-0.05, 0) is 0 Å². The van der Waals surface area contributed by atoms with E-state index in [-0.39, 0.29) is 12.4 Å². The summed E-state index contributed by atoms with van der Waals surface area (Å²) in [6.45, 7) is 0.466. The van der Waals surface area contributed by atoms with E-state index in [0.29, 0.717) is 6.54 Å². The first kappa shape index (κ1) is 8.39. The highest BCUT2D eigenvalue weighted by Crippen LogP contribution is 1.84. The van der Waals surface area contributed by atoms with E-state index < -0.39 is 0 Å². The lowest BCUT2D eigenvalue weighted by molar-refractivity contribution is 0.645. The van der Waals surface area contributed by atoms with Crippen LogP contribution in [0.25, 0.3) is 0 Å². The average molecular weight is 149 g/mol. The molecule has 4 nitrogen and oxygen atoms in total. The van der Waals surface area contributed by atoms with E-state index in [1.54, 1.807) is 13.2 Å². The summed E-state index contributed by atoms with van der Waals surface area (Å²) in [5.41, 5.74) is 6.07. The summed E-state index contributed by atoms with van der Waals surface area (Å²) in [5.74, 6) is 0. The maximum absolute atomic E-state index is 5.25. The minimum absolute atomic E-state index is 0. The summed E-state index contributed by atoms with van der Waals surface area (Å²) in [6, 6.07) is 0. The molecule has 1 rings (SSSR count). The molecule has 0 atom stereocenters. The standard InChI is InChI=1S/C4H8N4.ClH/c1-8-6-3-4(2-5)7-8;/h3H,2,5H2,1H3;1H. The largest absolute Gasteiger partial charge is 0.325 e. The van der Waals surface area contributed by atoms with Crippen molar-refractivity contribution in [3.05, 3.63) is 11.9 Å². The van der Waals surface area contributed by atoms with Crippen LogP contribution in [0.3, 0.4) is 0 Å². The Labute approximate surface area is 59.4 Å². The van der Waals surface area contributed by atoms with Crippen molar-refractivity contribution in [2.24, 2.45) is 12.8 Å². The highest BCUT2D eigenvalue weighted by molar-refractivity contribution is 5.85. The lowest BCUT2D eigenvalue weighted by atomic mass is 10.5. The Hall–Kier alpha value is -0.610. The number of hydrogen-bond acceptors (Lipinski definition) is 3. The summed E-state index contributed by atoms with van der Waals surface area (Å²) in [7, 11) is 1.76. The van der Waals surface area contributed by atoms with Crippen LogP contribution in [0.1, 0.15) is 5.69 Å². The topological polar surface area (TPSA) is 56.7 Å². The van der Waals surface area contributed by atoms with Gasteiger partial charge in [0.25, 0.3) is 0 Å². The van der Waals surface area contributed by atoms with Gasteiger partial charge in [0.05, 0.1) is 11.9 Å². The highest BCUT2D eigenvalue weighted by Gasteiger charge is 1.90. The van der Waals surface area contributed by atoms with E-state index in [0.717, 1.165) is 5.69 Å². The van der Waals surface area contributed by atoms with Crippen molar-refractivity contribution < 1.29 is 0 Å². The Kier molecular flexibility index (Phi) is 3.19. The van der Waals surface area contributed by atoms with Gasteiger partial charge in [-0.2, -0.15) is 15.0 Å². The minimum atomic E-state index is 0. The third kappa shape index (κ3) is 1.99. The molecule has 9 heavy (non-hydrogen) atoms. The molecule has 0 bridgehead atoms. The molecule has 52 valence electrons. The van der Waals surface area contributed by atoms with Crippen LogP contribution in [-0.4, -0.2) is 15.0 Å². The summed E-state index contributed by atoms with van der Waals surface area (Å²) in [4.78, 5) is 1.49. The van der Waals surface area contributed by atoms with Gasteiger partial charge in [-0.15, -0.1) is 12.4 Å². The van der Waals surface area contributed by atoms with Gasteiger partial charge in [0, 0.05) is 13.6 Å². The molecule has 1 aromatic heterocycles. The van der Waals surface area contributed by atoms with Crippen LogP contribution < -0.4 is 5.73 Å². The van der Waals surface area contributed by atoms with Crippen LogP contribution in [0.4, 0.5) is 0 Å². The quantitative estimate of drug-likeness (QED) is 0.595. The van der Waals surface area contributed by atoms with Crippen molar-refractivity contribution in [1.29, 1.82) is 0 Å². The van der Waals surface area contributed by atoms with Gasteiger partial charge in [-0.25, -0.2) is 0 Å². The van der Waals surface area contributed by atoms with Crippen molar-refractivity contribution in [3.63, 3.8) is 0 Å². The van der Waals surface area contributed by atoms with Crippen molar-refractivity contribution in [2.75, 3.05) is 0 Å². The maximum Gasteiger partial charge on any atom is 0.0962 e. The molecule has 0 aliphatic carbocycles. The van der Waals surface area contributed by atoms with Crippen LogP contribution in [-0.2, 0) is 13.6 Å². The lowest BCUT2D eigenvalue weighted by Crippen LogP contribution is -1.98. The Morgan fingerprint density at radius 3 is 2.67 bits per heavy atom. The first-order valence-corrected chi connectivity index (χ1v) is 2.38. The van der Waals surface area contributed by atoms with Crippen LogP contribution in [0, 0.1) is 0 Å². The van der Waals surface area contributed by atoms with E-state index in [4.69, 9.17) is 5.73 Å². The molecule has 1 aromatic rings. The average Bonchev–Trinajstić information content (AvgIpc) is 2.14. The molecule has 0 saturated carbocycles. The van der Waals surface area contributed by atoms with Gasteiger partial charge in [0.15, 0.2) is 0 Å². The predicted octanol–water partition coefficient (Wildman–Crippen LogP) is -0.304.